The molecule has 2 rings (SSSR count). The van der Waals surface area contributed by atoms with Crippen molar-refractivity contribution in [2.45, 2.75) is 32.7 Å². The molecule has 4 nitrogen and oxygen atoms in total. The largest absolute Gasteiger partial charge is 0.345 e. The highest BCUT2D eigenvalue weighted by Gasteiger charge is 2.27. The zero-order chi connectivity index (χ0) is 14.2. The number of alkyl halides is 1. The van der Waals surface area contributed by atoms with E-state index >= 15 is 0 Å². The van der Waals surface area contributed by atoms with E-state index in [4.69, 9.17) is 11.6 Å². The number of halogens is 1. The molecule has 0 aromatic carbocycles. The molecule has 19 heavy (non-hydrogen) atoms. The SMILES string of the molecule is Cc1cc(C(=O)CCl)c(C)n1C1CCS(=O)(=O)CC1. The van der Waals surface area contributed by atoms with Gasteiger partial charge in [0.25, 0.3) is 0 Å². The predicted octanol–water partition coefficient (Wildman–Crippen LogP) is 2.28. The van der Waals surface area contributed by atoms with Crippen LogP contribution >= 0.6 is 11.6 Å². The summed E-state index contributed by atoms with van der Waals surface area (Å²) in [6.45, 7) is 3.84. The molecular formula is C13H18ClNO3S. The highest BCUT2D eigenvalue weighted by molar-refractivity contribution is 7.91. The molecule has 106 valence electrons. The summed E-state index contributed by atoms with van der Waals surface area (Å²) in [5.41, 5.74) is 2.55. The Morgan fingerprint density at radius 1 is 1.37 bits per heavy atom. The van der Waals surface area contributed by atoms with Crippen LogP contribution in [0.3, 0.4) is 0 Å². The fourth-order valence-corrected chi connectivity index (χ4v) is 4.44. The third kappa shape index (κ3) is 2.87. The summed E-state index contributed by atoms with van der Waals surface area (Å²) in [6.07, 6.45) is 1.24. The van der Waals surface area contributed by atoms with Crippen molar-refractivity contribution in [2.24, 2.45) is 0 Å². The molecule has 0 aliphatic carbocycles. The standard InChI is InChI=1S/C13H18ClNO3S/c1-9-7-12(13(16)8-14)10(2)15(9)11-3-5-19(17,18)6-4-11/h7,11H,3-6,8H2,1-2H3. The van der Waals surface area contributed by atoms with Crippen LogP contribution in [0.1, 0.15) is 40.6 Å². The third-order valence-corrected chi connectivity index (χ3v) is 5.75. The Morgan fingerprint density at radius 2 is 1.95 bits per heavy atom. The van der Waals surface area contributed by atoms with E-state index in [-0.39, 0.29) is 29.2 Å². The second-order valence-electron chi connectivity index (χ2n) is 5.09. The van der Waals surface area contributed by atoms with E-state index in [2.05, 4.69) is 4.57 Å². The summed E-state index contributed by atoms with van der Waals surface area (Å²) < 4.78 is 25.0. The van der Waals surface area contributed by atoms with E-state index < -0.39 is 9.84 Å². The fourth-order valence-electron chi connectivity index (χ4n) is 2.83. The zero-order valence-electron chi connectivity index (χ0n) is 11.1. The molecule has 1 aromatic heterocycles. The molecule has 1 saturated heterocycles. The van der Waals surface area contributed by atoms with Gasteiger partial charge in [-0.25, -0.2) is 8.42 Å². The lowest BCUT2D eigenvalue weighted by Crippen LogP contribution is -2.26. The van der Waals surface area contributed by atoms with Gasteiger partial charge in [0, 0.05) is 23.0 Å². The number of hydrogen-bond donors (Lipinski definition) is 0. The highest BCUT2D eigenvalue weighted by Crippen LogP contribution is 2.29. The normalized spacial score (nSPS) is 19.5. The van der Waals surface area contributed by atoms with Gasteiger partial charge in [-0.2, -0.15) is 0 Å². The van der Waals surface area contributed by atoms with E-state index in [9.17, 15) is 13.2 Å². The van der Waals surface area contributed by atoms with Crippen LogP contribution in [0.15, 0.2) is 6.07 Å². The van der Waals surface area contributed by atoms with Gasteiger partial charge < -0.3 is 4.57 Å². The van der Waals surface area contributed by atoms with Crippen molar-refractivity contribution in [3.05, 3.63) is 23.0 Å². The Morgan fingerprint density at radius 3 is 2.47 bits per heavy atom. The summed E-state index contributed by atoms with van der Waals surface area (Å²) in [5.74, 6) is 0.356. The third-order valence-electron chi connectivity index (χ3n) is 3.80. The lowest BCUT2D eigenvalue weighted by molar-refractivity contribution is 0.102. The number of ketones is 1. The van der Waals surface area contributed by atoms with Crippen LogP contribution in [0.2, 0.25) is 0 Å². The van der Waals surface area contributed by atoms with Crippen molar-refractivity contribution in [1.82, 2.24) is 4.57 Å². The molecule has 0 spiro atoms. The molecule has 0 saturated carbocycles. The lowest BCUT2D eigenvalue weighted by Gasteiger charge is -2.26. The molecule has 1 fully saturated rings. The van der Waals surface area contributed by atoms with Crippen molar-refractivity contribution in [1.29, 1.82) is 0 Å². The van der Waals surface area contributed by atoms with Crippen molar-refractivity contribution in [3.63, 3.8) is 0 Å². The molecule has 0 unspecified atom stereocenters. The van der Waals surface area contributed by atoms with Crippen LogP contribution in [0, 0.1) is 13.8 Å². The summed E-state index contributed by atoms with van der Waals surface area (Å²) in [4.78, 5) is 11.7. The van der Waals surface area contributed by atoms with Crippen LogP contribution in [-0.4, -0.2) is 36.2 Å². The van der Waals surface area contributed by atoms with Gasteiger partial charge in [-0.05, 0) is 32.8 Å². The molecule has 0 radical (unpaired) electrons. The van der Waals surface area contributed by atoms with Crippen molar-refractivity contribution in [3.8, 4) is 0 Å². The first-order valence-corrected chi connectivity index (χ1v) is 8.69. The van der Waals surface area contributed by atoms with Crippen LogP contribution in [0.25, 0.3) is 0 Å². The van der Waals surface area contributed by atoms with Gasteiger partial charge in [-0.1, -0.05) is 0 Å². The maximum atomic E-state index is 11.7. The number of sulfone groups is 1. The number of aromatic nitrogens is 1. The van der Waals surface area contributed by atoms with Crippen LogP contribution in [-0.2, 0) is 9.84 Å². The first-order chi connectivity index (χ1) is 8.85. The van der Waals surface area contributed by atoms with E-state index in [1.54, 1.807) is 0 Å². The van der Waals surface area contributed by atoms with E-state index in [1.807, 2.05) is 19.9 Å². The summed E-state index contributed by atoms with van der Waals surface area (Å²) in [5, 5.41) is 0. The van der Waals surface area contributed by atoms with Crippen molar-refractivity contribution in [2.75, 3.05) is 17.4 Å². The van der Waals surface area contributed by atoms with Crippen LogP contribution in [0.4, 0.5) is 0 Å². The molecule has 0 amide bonds. The number of hydrogen-bond acceptors (Lipinski definition) is 3. The molecule has 1 aliphatic rings. The summed E-state index contributed by atoms with van der Waals surface area (Å²) >= 11 is 5.61. The number of carbonyl (C=O) groups is 1. The van der Waals surface area contributed by atoms with Gasteiger partial charge in [0.15, 0.2) is 5.78 Å². The van der Waals surface area contributed by atoms with Gasteiger partial charge in [0.05, 0.1) is 17.4 Å². The van der Waals surface area contributed by atoms with Gasteiger partial charge in [-0.15, -0.1) is 11.6 Å². The molecule has 2 heterocycles. The average Bonchev–Trinajstić information content (AvgIpc) is 2.65. The van der Waals surface area contributed by atoms with Gasteiger partial charge >= 0.3 is 0 Å². The summed E-state index contributed by atoms with van der Waals surface area (Å²) in [7, 11) is -2.86. The fraction of sp³-hybridized carbons (Fsp3) is 0.615. The number of nitrogens with zero attached hydrogens (tertiary/aromatic N) is 1. The maximum absolute atomic E-state index is 11.7. The van der Waals surface area contributed by atoms with Crippen molar-refractivity contribution < 1.29 is 13.2 Å². The molecule has 6 heteroatoms. The van der Waals surface area contributed by atoms with E-state index in [0.717, 1.165) is 11.4 Å². The topological polar surface area (TPSA) is 56.1 Å². The first kappa shape index (κ1) is 14.6. The number of aryl methyl sites for hydroxylation is 1. The highest BCUT2D eigenvalue weighted by atomic mass is 35.5. The molecule has 0 bridgehead atoms. The zero-order valence-corrected chi connectivity index (χ0v) is 12.7. The minimum absolute atomic E-state index is 0.0245. The maximum Gasteiger partial charge on any atom is 0.179 e. The predicted molar refractivity (Wildman–Crippen MR) is 75.9 cm³/mol. The van der Waals surface area contributed by atoms with Crippen molar-refractivity contribution >= 4 is 27.2 Å². The number of rotatable bonds is 3. The van der Waals surface area contributed by atoms with E-state index in [1.165, 1.54) is 0 Å². The second kappa shape index (κ2) is 5.29. The Hall–Kier alpha value is -0.810. The lowest BCUT2D eigenvalue weighted by atomic mass is 10.1. The molecule has 1 aromatic rings. The monoisotopic (exact) mass is 303 g/mol. The Balaban J connectivity index is 2.31. The molecule has 0 N–H and O–H groups in total. The number of carbonyl (C=O) groups excluding carboxylic acids is 1. The summed E-state index contributed by atoms with van der Waals surface area (Å²) in [6, 6.07) is 2.02. The van der Waals surface area contributed by atoms with Crippen LogP contribution < -0.4 is 0 Å². The molecular weight excluding hydrogens is 286 g/mol. The van der Waals surface area contributed by atoms with Crippen LogP contribution in [0.5, 0.6) is 0 Å². The molecule has 0 atom stereocenters. The smallest absolute Gasteiger partial charge is 0.179 e. The van der Waals surface area contributed by atoms with E-state index in [0.29, 0.717) is 18.4 Å². The minimum Gasteiger partial charge on any atom is -0.345 e. The van der Waals surface area contributed by atoms with Gasteiger partial charge in [0.2, 0.25) is 0 Å². The first-order valence-electron chi connectivity index (χ1n) is 6.33. The Bertz CT molecular complexity index is 590. The van der Waals surface area contributed by atoms with Gasteiger partial charge in [0.1, 0.15) is 9.84 Å². The Kier molecular flexibility index (Phi) is 4.06. The molecule has 1 aliphatic heterocycles. The minimum atomic E-state index is -2.86. The van der Waals surface area contributed by atoms with Gasteiger partial charge in [-0.3, -0.25) is 4.79 Å². The second-order valence-corrected chi connectivity index (χ2v) is 7.67. The Labute approximate surface area is 118 Å². The number of Topliss-reactive ketones (excluding diaryl/α,β-unsaturated/α-hetero) is 1. The average molecular weight is 304 g/mol. The quantitative estimate of drug-likeness (QED) is 0.636.